The van der Waals surface area contributed by atoms with E-state index in [4.69, 9.17) is 0 Å². The highest BCUT2D eigenvalue weighted by molar-refractivity contribution is 5.19. The zero-order chi connectivity index (χ0) is 13.6. The van der Waals surface area contributed by atoms with Gasteiger partial charge in [0.1, 0.15) is 0 Å². The van der Waals surface area contributed by atoms with Crippen LogP contribution >= 0.6 is 0 Å². The normalized spacial score (nSPS) is 7.40. The quantitative estimate of drug-likeness (QED) is 0.734. The molecule has 0 aromatic heterocycles. The molecule has 2 heteroatoms. The Bertz CT molecular complexity index is 357. The third kappa shape index (κ3) is 9.83. The molecule has 20 heavy (non-hydrogen) atoms. The summed E-state index contributed by atoms with van der Waals surface area (Å²) < 4.78 is 0. The summed E-state index contributed by atoms with van der Waals surface area (Å²) in [6, 6.07) is 21.2. The molecule has 2 aromatic carbocycles. The lowest BCUT2D eigenvalue weighted by molar-refractivity contribution is 0.960. The second kappa shape index (κ2) is 16.8. The van der Waals surface area contributed by atoms with Gasteiger partial charge in [-0.1, -0.05) is 60.7 Å². The molecule has 0 aliphatic rings. The number of aryl methyl sites for hydroxylation is 2. The minimum atomic E-state index is 0. The second-order valence-electron chi connectivity index (χ2n) is 3.47. The van der Waals surface area contributed by atoms with Gasteiger partial charge in [0.05, 0.1) is 0 Å². The fourth-order valence-electron chi connectivity index (χ4n) is 1.58. The average Bonchev–Trinajstić information content (AvgIpc) is 2.51. The molecule has 2 rings (SSSR count). The summed E-state index contributed by atoms with van der Waals surface area (Å²) in [5.41, 5.74) is 2.83. The van der Waals surface area contributed by atoms with Crippen LogP contribution in [0.15, 0.2) is 87.0 Å². The largest absolute Gasteiger partial charge is 0.344 e. The van der Waals surface area contributed by atoms with Crippen molar-refractivity contribution in [3.8, 4) is 0 Å². The molecule has 6 N–H and O–H groups in total. The Balaban J connectivity index is -0.000000444. The lowest BCUT2D eigenvalue weighted by Crippen LogP contribution is -1.89. The number of benzene rings is 2. The van der Waals surface area contributed by atoms with Gasteiger partial charge in [-0.2, -0.15) is 0 Å². The molecule has 0 aliphatic heterocycles. The minimum absolute atomic E-state index is 0. The zero-order valence-electron chi connectivity index (χ0n) is 12.4. The Morgan fingerprint density at radius 3 is 1.00 bits per heavy atom. The first-order valence-corrected chi connectivity index (χ1v) is 6.03. The molecule has 0 aliphatic carbocycles. The third-order valence-corrected chi connectivity index (χ3v) is 2.39. The van der Waals surface area contributed by atoms with Gasteiger partial charge < -0.3 is 12.3 Å². The van der Waals surface area contributed by atoms with Gasteiger partial charge in [-0.25, -0.2) is 0 Å². The van der Waals surface area contributed by atoms with Gasteiger partial charge >= 0.3 is 0 Å². The molecule has 0 saturated heterocycles. The minimum Gasteiger partial charge on any atom is -0.344 e. The number of hydrogen-bond acceptors (Lipinski definition) is 2. The Labute approximate surface area is 124 Å². The first-order chi connectivity index (χ1) is 8.95. The SMILES string of the molecule is C=C.C=C.N.N.c1ccc(CCc2ccccc2)cc1. The lowest BCUT2D eigenvalue weighted by Gasteiger charge is -2.01. The van der Waals surface area contributed by atoms with E-state index in [-0.39, 0.29) is 12.3 Å². The molecular weight excluding hydrogens is 244 g/mol. The maximum Gasteiger partial charge on any atom is -0.0238 e. The molecule has 2 nitrogen and oxygen atoms in total. The molecule has 2 aromatic rings. The van der Waals surface area contributed by atoms with E-state index < -0.39 is 0 Å². The predicted molar refractivity (Wildman–Crippen MR) is 92.8 cm³/mol. The molecule has 0 bridgehead atoms. The van der Waals surface area contributed by atoms with E-state index in [1.54, 1.807) is 0 Å². The summed E-state index contributed by atoms with van der Waals surface area (Å²) in [7, 11) is 0. The van der Waals surface area contributed by atoms with E-state index in [0.29, 0.717) is 0 Å². The molecule has 0 heterocycles. The van der Waals surface area contributed by atoms with E-state index >= 15 is 0 Å². The van der Waals surface area contributed by atoms with Gasteiger partial charge in [0, 0.05) is 0 Å². The van der Waals surface area contributed by atoms with Crippen LogP contribution in [0.4, 0.5) is 0 Å². The molecule has 0 saturated carbocycles. The fraction of sp³-hybridized carbons (Fsp3) is 0.111. The van der Waals surface area contributed by atoms with Gasteiger partial charge in [0.15, 0.2) is 0 Å². The van der Waals surface area contributed by atoms with Crippen LogP contribution in [0.2, 0.25) is 0 Å². The van der Waals surface area contributed by atoms with Crippen LogP contribution in [0.3, 0.4) is 0 Å². The standard InChI is InChI=1S/C14H14.2C2H4.2H3N/c1-3-7-13(8-4-1)11-12-14-9-5-2-6-10-14;2*1-2;;/h1-10H,11-12H2;2*1-2H2;2*1H3. The van der Waals surface area contributed by atoms with Crippen LogP contribution in [0.25, 0.3) is 0 Å². The Kier molecular flexibility index (Phi) is 19.3. The van der Waals surface area contributed by atoms with E-state index in [2.05, 4.69) is 87.0 Å². The van der Waals surface area contributed by atoms with Crippen molar-refractivity contribution in [2.45, 2.75) is 12.8 Å². The highest BCUT2D eigenvalue weighted by Gasteiger charge is 1.93. The Morgan fingerprint density at radius 2 is 0.750 bits per heavy atom. The van der Waals surface area contributed by atoms with Crippen LogP contribution in [0.5, 0.6) is 0 Å². The van der Waals surface area contributed by atoms with Gasteiger partial charge in [-0.05, 0) is 24.0 Å². The number of hydrogen-bond donors (Lipinski definition) is 2. The lowest BCUT2D eigenvalue weighted by atomic mass is 10.0. The zero-order valence-corrected chi connectivity index (χ0v) is 12.4. The highest BCUT2D eigenvalue weighted by atomic mass is 14.0. The van der Waals surface area contributed by atoms with Gasteiger partial charge in [0.25, 0.3) is 0 Å². The smallest absolute Gasteiger partial charge is 0.0238 e. The molecule has 0 spiro atoms. The second-order valence-corrected chi connectivity index (χ2v) is 3.47. The van der Waals surface area contributed by atoms with Crippen molar-refractivity contribution in [1.29, 1.82) is 0 Å². The molecule has 0 radical (unpaired) electrons. The van der Waals surface area contributed by atoms with Gasteiger partial charge in [-0.3, -0.25) is 0 Å². The molecule has 0 fully saturated rings. The fourth-order valence-corrected chi connectivity index (χ4v) is 1.58. The highest BCUT2D eigenvalue weighted by Crippen LogP contribution is 2.06. The summed E-state index contributed by atoms with van der Waals surface area (Å²) >= 11 is 0. The molecule has 110 valence electrons. The van der Waals surface area contributed by atoms with Crippen molar-refractivity contribution in [2.75, 3.05) is 0 Å². The molecule has 0 amide bonds. The summed E-state index contributed by atoms with van der Waals surface area (Å²) in [6.07, 6.45) is 2.26. The van der Waals surface area contributed by atoms with Crippen molar-refractivity contribution in [3.63, 3.8) is 0 Å². The maximum absolute atomic E-state index is 3.00. The van der Waals surface area contributed by atoms with Gasteiger partial charge in [0.2, 0.25) is 0 Å². The summed E-state index contributed by atoms with van der Waals surface area (Å²) in [5.74, 6) is 0. The average molecular weight is 272 g/mol. The van der Waals surface area contributed by atoms with Crippen molar-refractivity contribution in [1.82, 2.24) is 12.3 Å². The third-order valence-electron chi connectivity index (χ3n) is 2.39. The first kappa shape index (κ1) is 23.0. The van der Waals surface area contributed by atoms with E-state index in [1.807, 2.05) is 0 Å². The van der Waals surface area contributed by atoms with Crippen LogP contribution in [-0.4, -0.2) is 0 Å². The molecule has 0 unspecified atom stereocenters. The van der Waals surface area contributed by atoms with Gasteiger partial charge in [-0.15, -0.1) is 26.3 Å². The van der Waals surface area contributed by atoms with Crippen molar-refractivity contribution in [3.05, 3.63) is 98.1 Å². The Hall–Kier alpha value is -2.16. The van der Waals surface area contributed by atoms with Crippen LogP contribution in [0, 0.1) is 0 Å². The van der Waals surface area contributed by atoms with Crippen molar-refractivity contribution < 1.29 is 0 Å². The van der Waals surface area contributed by atoms with Crippen molar-refractivity contribution in [2.24, 2.45) is 0 Å². The van der Waals surface area contributed by atoms with Crippen LogP contribution < -0.4 is 12.3 Å². The van der Waals surface area contributed by atoms with E-state index in [0.717, 1.165) is 12.8 Å². The topological polar surface area (TPSA) is 70.0 Å². The summed E-state index contributed by atoms with van der Waals surface area (Å²) in [4.78, 5) is 0. The predicted octanol–water partition coefficient (Wildman–Crippen LogP) is 5.40. The summed E-state index contributed by atoms with van der Waals surface area (Å²) in [5, 5.41) is 0. The van der Waals surface area contributed by atoms with Crippen molar-refractivity contribution >= 4 is 0 Å². The van der Waals surface area contributed by atoms with Crippen LogP contribution in [0.1, 0.15) is 11.1 Å². The van der Waals surface area contributed by atoms with Crippen LogP contribution in [-0.2, 0) is 12.8 Å². The number of rotatable bonds is 3. The van der Waals surface area contributed by atoms with E-state index in [9.17, 15) is 0 Å². The Morgan fingerprint density at radius 1 is 0.500 bits per heavy atom. The van der Waals surface area contributed by atoms with E-state index in [1.165, 1.54) is 11.1 Å². The molecular formula is C18H28N2. The molecule has 0 atom stereocenters. The first-order valence-electron chi connectivity index (χ1n) is 6.03. The maximum atomic E-state index is 3.00. The summed E-state index contributed by atoms with van der Waals surface area (Å²) in [6.45, 7) is 12.0. The monoisotopic (exact) mass is 272 g/mol.